The van der Waals surface area contributed by atoms with Gasteiger partial charge in [-0.25, -0.2) is 19.3 Å². The number of rotatable bonds is 2. The molecule has 4 rings (SSSR count). The first-order chi connectivity index (χ1) is 9.81. The fourth-order valence-corrected chi connectivity index (χ4v) is 2.53. The summed E-state index contributed by atoms with van der Waals surface area (Å²) in [5.74, 6) is 0.165. The molecule has 6 heteroatoms. The molecule has 20 heavy (non-hydrogen) atoms. The van der Waals surface area contributed by atoms with Crippen molar-refractivity contribution in [1.29, 1.82) is 0 Å². The lowest BCUT2D eigenvalue weighted by Crippen LogP contribution is -2.48. The van der Waals surface area contributed by atoms with Crippen molar-refractivity contribution in [1.82, 2.24) is 19.5 Å². The minimum Gasteiger partial charge on any atom is -0.337 e. The first kappa shape index (κ1) is 11.3. The van der Waals surface area contributed by atoms with Crippen LogP contribution in [0.25, 0.3) is 11.0 Å². The van der Waals surface area contributed by atoms with Crippen molar-refractivity contribution in [3.63, 3.8) is 0 Å². The molecule has 0 radical (unpaired) electrons. The predicted octanol–water partition coefficient (Wildman–Crippen LogP) is 2.03. The van der Waals surface area contributed by atoms with E-state index in [0.717, 1.165) is 24.1 Å². The molecule has 3 heterocycles. The largest absolute Gasteiger partial charge is 0.337 e. The highest BCUT2D eigenvalue weighted by molar-refractivity contribution is 5.75. The molecule has 0 aliphatic carbocycles. The van der Waals surface area contributed by atoms with Crippen molar-refractivity contribution in [3.05, 3.63) is 48.8 Å². The topological polar surface area (TPSA) is 46.8 Å². The van der Waals surface area contributed by atoms with Crippen molar-refractivity contribution in [3.8, 4) is 0 Å². The number of hydrogen-bond acceptors (Lipinski definition) is 4. The van der Waals surface area contributed by atoms with Gasteiger partial charge in [-0.05, 0) is 12.1 Å². The number of halogens is 1. The molecule has 1 aliphatic rings. The van der Waals surface area contributed by atoms with Crippen molar-refractivity contribution >= 4 is 17.0 Å². The van der Waals surface area contributed by atoms with Crippen LogP contribution < -0.4 is 4.90 Å². The average molecular weight is 269 g/mol. The van der Waals surface area contributed by atoms with Gasteiger partial charge in [0.2, 0.25) is 5.95 Å². The second-order valence-corrected chi connectivity index (χ2v) is 4.90. The summed E-state index contributed by atoms with van der Waals surface area (Å²) < 4.78 is 15.0. The first-order valence-corrected chi connectivity index (χ1v) is 6.45. The lowest BCUT2D eigenvalue weighted by molar-refractivity contribution is 0.401. The van der Waals surface area contributed by atoms with E-state index in [9.17, 15) is 4.39 Å². The minimum atomic E-state index is -0.411. The number of para-hydroxylation sites is 2. The third-order valence-electron chi connectivity index (χ3n) is 3.63. The summed E-state index contributed by atoms with van der Waals surface area (Å²) in [6.45, 7) is 1.62. The summed E-state index contributed by atoms with van der Waals surface area (Å²) in [5.41, 5.74) is 2.14. The van der Waals surface area contributed by atoms with Crippen LogP contribution in [0.3, 0.4) is 0 Å². The van der Waals surface area contributed by atoms with Crippen LogP contribution >= 0.6 is 0 Å². The maximum Gasteiger partial charge on any atom is 0.225 e. The smallest absolute Gasteiger partial charge is 0.225 e. The maximum absolute atomic E-state index is 12.8. The molecule has 0 saturated carbocycles. The lowest BCUT2D eigenvalue weighted by Gasteiger charge is -2.40. The Hall–Kier alpha value is -2.50. The molecule has 0 atom stereocenters. The number of anilines is 1. The molecule has 1 fully saturated rings. The Bertz CT molecular complexity index is 746. The van der Waals surface area contributed by atoms with Crippen molar-refractivity contribution in [2.24, 2.45) is 0 Å². The van der Waals surface area contributed by atoms with Gasteiger partial charge >= 0.3 is 0 Å². The molecule has 1 saturated heterocycles. The normalized spacial score (nSPS) is 15.6. The second kappa shape index (κ2) is 4.26. The minimum absolute atomic E-state index is 0.357. The van der Waals surface area contributed by atoms with E-state index in [0.29, 0.717) is 12.0 Å². The van der Waals surface area contributed by atoms with Crippen molar-refractivity contribution in [2.45, 2.75) is 6.04 Å². The molecule has 0 bridgehead atoms. The third-order valence-corrected chi connectivity index (χ3v) is 3.63. The number of hydrogen-bond donors (Lipinski definition) is 0. The van der Waals surface area contributed by atoms with Gasteiger partial charge in [-0.15, -0.1) is 0 Å². The van der Waals surface area contributed by atoms with E-state index in [-0.39, 0.29) is 0 Å². The fraction of sp³-hybridized carbons (Fsp3) is 0.214. The number of fused-ring (bicyclic) bond motifs is 1. The monoisotopic (exact) mass is 269 g/mol. The molecule has 5 nitrogen and oxygen atoms in total. The zero-order valence-corrected chi connectivity index (χ0v) is 10.6. The quantitative estimate of drug-likeness (QED) is 0.714. The Kier molecular flexibility index (Phi) is 2.42. The molecule has 2 aromatic heterocycles. The number of nitrogens with zero attached hydrogens (tertiary/aromatic N) is 5. The van der Waals surface area contributed by atoms with Gasteiger partial charge in [0.15, 0.2) is 5.82 Å². The molecule has 1 aliphatic heterocycles. The zero-order valence-electron chi connectivity index (χ0n) is 10.6. The van der Waals surface area contributed by atoms with Crippen LogP contribution in [0.1, 0.15) is 6.04 Å². The Balaban J connectivity index is 1.55. The third kappa shape index (κ3) is 1.72. The van der Waals surface area contributed by atoms with Gasteiger partial charge in [0.05, 0.1) is 35.8 Å². The van der Waals surface area contributed by atoms with Gasteiger partial charge in [-0.2, -0.15) is 0 Å². The Morgan fingerprint density at radius 1 is 1.05 bits per heavy atom. The van der Waals surface area contributed by atoms with Crippen LogP contribution in [0, 0.1) is 5.82 Å². The van der Waals surface area contributed by atoms with E-state index in [1.54, 1.807) is 0 Å². The first-order valence-electron chi connectivity index (χ1n) is 6.45. The van der Waals surface area contributed by atoms with Crippen LogP contribution in [0.2, 0.25) is 0 Å². The Morgan fingerprint density at radius 2 is 1.80 bits per heavy atom. The standard InChI is InChI=1S/C14H12FN5/c15-10-5-16-14(17-6-10)19-7-11(8-19)20-9-18-12-3-1-2-4-13(12)20/h1-6,9,11H,7-8H2. The van der Waals surface area contributed by atoms with Crippen LogP contribution in [0.4, 0.5) is 10.3 Å². The Labute approximate surface area is 114 Å². The average Bonchev–Trinajstić information content (AvgIpc) is 2.84. The summed E-state index contributed by atoms with van der Waals surface area (Å²) in [6, 6.07) is 8.43. The molecule has 0 amide bonds. The predicted molar refractivity (Wildman–Crippen MR) is 73.0 cm³/mol. The van der Waals surface area contributed by atoms with Gasteiger partial charge in [-0.1, -0.05) is 12.1 Å². The van der Waals surface area contributed by atoms with Crippen molar-refractivity contribution < 1.29 is 4.39 Å². The molecule has 0 N–H and O–H groups in total. The molecule has 0 spiro atoms. The summed E-state index contributed by atoms with van der Waals surface area (Å²) in [5, 5.41) is 0. The van der Waals surface area contributed by atoms with Crippen LogP contribution in [-0.4, -0.2) is 32.6 Å². The number of imidazole rings is 1. The zero-order chi connectivity index (χ0) is 13.5. The molecule has 100 valence electrons. The second-order valence-electron chi connectivity index (χ2n) is 4.90. The summed E-state index contributed by atoms with van der Waals surface area (Å²) in [4.78, 5) is 14.4. The van der Waals surface area contributed by atoms with Crippen LogP contribution in [-0.2, 0) is 0 Å². The van der Waals surface area contributed by atoms with Gasteiger partial charge in [0, 0.05) is 13.1 Å². The van der Waals surface area contributed by atoms with E-state index >= 15 is 0 Å². The molecular formula is C14H12FN5. The van der Waals surface area contributed by atoms with Crippen LogP contribution in [0.15, 0.2) is 43.0 Å². The highest BCUT2D eigenvalue weighted by Gasteiger charge is 2.30. The number of benzene rings is 1. The molecular weight excluding hydrogens is 257 g/mol. The highest BCUT2D eigenvalue weighted by Crippen LogP contribution is 2.27. The van der Waals surface area contributed by atoms with E-state index in [1.807, 2.05) is 29.4 Å². The van der Waals surface area contributed by atoms with E-state index in [4.69, 9.17) is 0 Å². The van der Waals surface area contributed by atoms with Crippen molar-refractivity contribution in [2.75, 3.05) is 18.0 Å². The van der Waals surface area contributed by atoms with Gasteiger partial charge in [0.1, 0.15) is 0 Å². The SMILES string of the molecule is Fc1cnc(N2CC(n3cnc4ccccc43)C2)nc1. The van der Waals surface area contributed by atoms with Gasteiger partial charge in [-0.3, -0.25) is 0 Å². The van der Waals surface area contributed by atoms with Gasteiger partial charge < -0.3 is 9.47 Å². The Morgan fingerprint density at radius 3 is 2.60 bits per heavy atom. The summed E-state index contributed by atoms with van der Waals surface area (Å²) in [6.07, 6.45) is 4.27. The van der Waals surface area contributed by atoms with Gasteiger partial charge in [0.25, 0.3) is 0 Å². The number of aromatic nitrogens is 4. The maximum atomic E-state index is 12.8. The van der Waals surface area contributed by atoms with E-state index in [2.05, 4.69) is 25.6 Å². The van der Waals surface area contributed by atoms with E-state index in [1.165, 1.54) is 12.4 Å². The highest BCUT2D eigenvalue weighted by atomic mass is 19.1. The molecule has 3 aromatic rings. The fourth-order valence-electron chi connectivity index (χ4n) is 2.53. The summed E-state index contributed by atoms with van der Waals surface area (Å²) in [7, 11) is 0. The molecule has 1 aromatic carbocycles. The summed E-state index contributed by atoms with van der Waals surface area (Å²) >= 11 is 0. The molecule has 0 unspecified atom stereocenters. The van der Waals surface area contributed by atoms with E-state index < -0.39 is 5.82 Å². The van der Waals surface area contributed by atoms with Crippen LogP contribution in [0.5, 0.6) is 0 Å². The lowest BCUT2D eigenvalue weighted by atomic mass is 10.1.